The molecule has 0 bridgehead atoms. The van der Waals surface area contributed by atoms with Gasteiger partial charge in [-0.1, -0.05) is 19.3 Å². The van der Waals surface area contributed by atoms with Crippen LogP contribution in [0, 0.1) is 0 Å². The zero-order valence-corrected chi connectivity index (χ0v) is 13.6. The molecular weight excluding hydrogens is 298 g/mol. The molecule has 2 heterocycles. The lowest BCUT2D eigenvalue weighted by molar-refractivity contribution is -0.158. The number of primary amides is 1. The summed E-state index contributed by atoms with van der Waals surface area (Å²) >= 11 is 0. The lowest BCUT2D eigenvalue weighted by atomic mass is 9.83. The maximum Gasteiger partial charge on any atom is 0.254 e. The van der Waals surface area contributed by atoms with Crippen LogP contribution in [0.4, 0.5) is 0 Å². The van der Waals surface area contributed by atoms with Crippen molar-refractivity contribution in [2.45, 2.75) is 49.7 Å². The number of nitrogens with two attached hydrogens (primary N) is 1. The Morgan fingerprint density at radius 3 is 2.17 bits per heavy atom. The number of rotatable bonds is 3. The van der Waals surface area contributed by atoms with E-state index in [2.05, 4.69) is 4.90 Å². The van der Waals surface area contributed by atoms with Crippen molar-refractivity contribution >= 4 is 11.8 Å². The van der Waals surface area contributed by atoms with Gasteiger partial charge in [0.05, 0.1) is 6.61 Å². The van der Waals surface area contributed by atoms with Crippen molar-refractivity contribution in [2.75, 3.05) is 39.4 Å². The Bertz CT molecular complexity index is 462. The van der Waals surface area contributed by atoms with Crippen molar-refractivity contribution in [3.63, 3.8) is 0 Å². The molecule has 1 atom stereocenters. The van der Waals surface area contributed by atoms with Gasteiger partial charge in [0.1, 0.15) is 11.1 Å². The van der Waals surface area contributed by atoms with Crippen molar-refractivity contribution in [3.8, 4) is 0 Å². The number of carbonyl (C=O) groups excluding carboxylic acids is 2. The average Bonchev–Trinajstić information content (AvgIpc) is 3.06. The standard InChI is InChI=1S/C16H27N3O4/c17-13(20)15(6-11-23-12-15)19-9-7-18(8-10-19)14(21)16(22)4-2-1-3-5-16/h22H,1-12H2,(H2,17,20). The van der Waals surface area contributed by atoms with Gasteiger partial charge in [-0.05, 0) is 12.8 Å². The molecule has 2 amide bonds. The van der Waals surface area contributed by atoms with E-state index in [4.69, 9.17) is 10.5 Å². The van der Waals surface area contributed by atoms with Crippen LogP contribution >= 0.6 is 0 Å². The second-order valence-electron chi connectivity index (χ2n) is 7.07. The van der Waals surface area contributed by atoms with Crippen molar-refractivity contribution in [1.82, 2.24) is 9.80 Å². The zero-order valence-electron chi connectivity index (χ0n) is 13.6. The van der Waals surface area contributed by atoms with Crippen LogP contribution in [0.25, 0.3) is 0 Å². The van der Waals surface area contributed by atoms with Gasteiger partial charge < -0.3 is 20.5 Å². The van der Waals surface area contributed by atoms with Crippen molar-refractivity contribution in [3.05, 3.63) is 0 Å². The Kier molecular flexibility index (Phi) is 4.62. The van der Waals surface area contributed by atoms with Crippen molar-refractivity contribution in [2.24, 2.45) is 5.73 Å². The van der Waals surface area contributed by atoms with Gasteiger partial charge in [-0.2, -0.15) is 0 Å². The molecule has 130 valence electrons. The summed E-state index contributed by atoms with van der Waals surface area (Å²) in [6.07, 6.45) is 4.63. The minimum Gasteiger partial charge on any atom is -0.380 e. The Hall–Kier alpha value is -1.18. The molecule has 0 radical (unpaired) electrons. The van der Waals surface area contributed by atoms with Gasteiger partial charge in [-0.3, -0.25) is 14.5 Å². The van der Waals surface area contributed by atoms with E-state index in [-0.39, 0.29) is 11.8 Å². The number of nitrogens with zero attached hydrogens (tertiary/aromatic N) is 2. The third-order valence-corrected chi connectivity index (χ3v) is 5.71. The van der Waals surface area contributed by atoms with Gasteiger partial charge in [-0.15, -0.1) is 0 Å². The van der Waals surface area contributed by atoms with E-state index < -0.39 is 11.1 Å². The molecule has 0 spiro atoms. The largest absolute Gasteiger partial charge is 0.380 e. The molecule has 0 aromatic heterocycles. The smallest absolute Gasteiger partial charge is 0.254 e. The van der Waals surface area contributed by atoms with E-state index in [1.165, 1.54) is 0 Å². The highest BCUT2D eigenvalue weighted by atomic mass is 16.5. The van der Waals surface area contributed by atoms with Gasteiger partial charge in [0.2, 0.25) is 5.91 Å². The third kappa shape index (κ3) is 2.97. The highest BCUT2D eigenvalue weighted by Gasteiger charge is 2.48. The van der Waals surface area contributed by atoms with E-state index in [0.29, 0.717) is 58.7 Å². The molecule has 7 heteroatoms. The first-order valence-corrected chi connectivity index (χ1v) is 8.62. The first-order chi connectivity index (χ1) is 11.0. The molecule has 0 aromatic carbocycles. The quantitative estimate of drug-likeness (QED) is 0.727. The summed E-state index contributed by atoms with van der Waals surface area (Å²) in [6, 6.07) is 0. The number of piperazine rings is 1. The van der Waals surface area contributed by atoms with Crippen LogP contribution in [0.15, 0.2) is 0 Å². The summed E-state index contributed by atoms with van der Waals surface area (Å²) in [7, 11) is 0. The first-order valence-electron chi connectivity index (χ1n) is 8.62. The maximum absolute atomic E-state index is 12.7. The van der Waals surface area contributed by atoms with Gasteiger partial charge in [0, 0.05) is 39.2 Å². The average molecular weight is 325 g/mol. The number of amides is 2. The molecule has 2 aliphatic heterocycles. The Morgan fingerprint density at radius 1 is 1.00 bits per heavy atom. The van der Waals surface area contributed by atoms with Gasteiger partial charge in [-0.25, -0.2) is 0 Å². The fraction of sp³-hybridized carbons (Fsp3) is 0.875. The number of hydrogen-bond acceptors (Lipinski definition) is 5. The summed E-state index contributed by atoms with van der Waals surface area (Å²) < 4.78 is 5.40. The summed E-state index contributed by atoms with van der Waals surface area (Å²) in [5, 5.41) is 10.6. The second-order valence-corrected chi connectivity index (χ2v) is 7.07. The lowest BCUT2D eigenvalue weighted by Crippen LogP contribution is -2.65. The molecule has 3 fully saturated rings. The molecule has 7 nitrogen and oxygen atoms in total. The maximum atomic E-state index is 12.7. The van der Waals surface area contributed by atoms with E-state index in [0.717, 1.165) is 19.3 Å². The third-order valence-electron chi connectivity index (χ3n) is 5.71. The van der Waals surface area contributed by atoms with Crippen LogP contribution in [0.3, 0.4) is 0 Å². The number of aliphatic hydroxyl groups is 1. The van der Waals surface area contributed by atoms with Crippen LogP contribution in [0.1, 0.15) is 38.5 Å². The summed E-state index contributed by atoms with van der Waals surface area (Å²) in [5.74, 6) is -0.492. The van der Waals surface area contributed by atoms with E-state index in [1.54, 1.807) is 4.90 Å². The van der Waals surface area contributed by atoms with Gasteiger partial charge in [0.15, 0.2) is 0 Å². The second kappa shape index (κ2) is 6.37. The van der Waals surface area contributed by atoms with Gasteiger partial charge in [0.25, 0.3) is 5.91 Å². The molecule has 1 saturated carbocycles. The van der Waals surface area contributed by atoms with Crippen LogP contribution < -0.4 is 5.73 Å². The Morgan fingerprint density at radius 2 is 1.65 bits per heavy atom. The van der Waals surface area contributed by atoms with Crippen molar-refractivity contribution < 1.29 is 19.4 Å². The van der Waals surface area contributed by atoms with E-state index in [9.17, 15) is 14.7 Å². The van der Waals surface area contributed by atoms with Crippen molar-refractivity contribution in [1.29, 1.82) is 0 Å². The van der Waals surface area contributed by atoms with Crippen LogP contribution in [0.5, 0.6) is 0 Å². The van der Waals surface area contributed by atoms with E-state index >= 15 is 0 Å². The first kappa shape index (κ1) is 16.7. The Labute approximate surface area is 136 Å². The zero-order chi connectivity index (χ0) is 16.5. The molecule has 3 aliphatic rings. The summed E-state index contributed by atoms with van der Waals surface area (Å²) in [5.41, 5.74) is 3.71. The van der Waals surface area contributed by atoms with Crippen LogP contribution in [0.2, 0.25) is 0 Å². The highest BCUT2D eigenvalue weighted by molar-refractivity contribution is 5.86. The SMILES string of the molecule is NC(=O)C1(N2CCN(C(=O)C3(O)CCCCC3)CC2)CCOC1. The van der Waals surface area contributed by atoms with Crippen LogP contribution in [-0.4, -0.2) is 77.3 Å². The minimum atomic E-state index is -1.18. The highest BCUT2D eigenvalue weighted by Crippen LogP contribution is 2.31. The fourth-order valence-corrected chi connectivity index (χ4v) is 4.14. The van der Waals surface area contributed by atoms with Crippen LogP contribution in [-0.2, 0) is 14.3 Å². The predicted octanol–water partition coefficient (Wildman–Crippen LogP) is -0.530. The summed E-state index contributed by atoms with van der Waals surface area (Å²) in [6.45, 7) is 3.11. The number of hydrogen-bond donors (Lipinski definition) is 2. The molecule has 3 N–H and O–H groups in total. The fourth-order valence-electron chi connectivity index (χ4n) is 4.14. The molecule has 23 heavy (non-hydrogen) atoms. The van der Waals surface area contributed by atoms with E-state index in [1.807, 2.05) is 0 Å². The molecule has 0 aromatic rings. The lowest BCUT2D eigenvalue weighted by Gasteiger charge is -2.45. The normalized spacial score (nSPS) is 32.0. The molecule has 1 unspecified atom stereocenters. The topological polar surface area (TPSA) is 96.1 Å². The monoisotopic (exact) mass is 325 g/mol. The summed E-state index contributed by atoms with van der Waals surface area (Å²) in [4.78, 5) is 28.4. The Balaban J connectivity index is 1.62. The number of carbonyl (C=O) groups is 2. The molecular formula is C16H27N3O4. The number of ether oxygens (including phenoxy) is 1. The minimum absolute atomic E-state index is 0.146. The van der Waals surface area contributed by atoms with Gasteiger partial charge >= 0.3 is 0 Å². The molecule has 1 aliphatic carbocycles. The predicted molar refractivity (Wildman–Crippen MR) is 83.5 cm³/mol. The molecule has 3 rings (SSSR count). The molecule has 2 saturated heterocycles.